The van der Waals surface area contributed by atoms with Gasteiger partial charge in [-0.3, -0.25) is 0 Å². The topological polar surface area (TPSA) is 23.8 Å². The van der Waals surface area contributed by atoms with Gasteiger partial charge in [0, 0.05) is 0 Å². The summed E-state index contributed by atoms with van der Waals surface area (Å²) in [7, 11) is 0. The zero-order valence-electron chi connectivity index (χ0n) is 4.62. The first kappa shape index (κ1) is 15.7. The average Bonchev–Trinajstić information content (AvgIpc) is 1.37. The third-order valence-electron chi connectivity index (χ3n) is 0.177. The van der Waals surface area contributed by atoms with Crippen molar-refractivity contribution in [2.24, 2.45) is 0 Å². The van der Waals surface area contributed by atoms with Crippen LogP contribution in [0.2, 0.25) is 0 Å². The zero-order chi connectivity index (χ0) is 3.41. The van der Waals surface area contributed by atoms with Gasteiger partial charge in [-0.25, -0.2) is 6.42 Å². The standard InChI is InChI=1S/C3H7N.2Li/c1-2-3-4;;/h4H,1-3H2;;/q-2;2*+1. The molecule has 0 fully saturated rings. The third-order valence-corrected chi connectivity index (χ3v) is 0.177. The molecule has 0 radical (unpaired) electrons. The van der Waals surface area contributed by atoms with E-state index in [1.54, 1.807) is 0 Å². The van der Waals surface area contributed by atoms with Crippen LogP contribution in [0.25, 0.3) is 5.73 Å². The van der Waals surface area contributed by atoms with E-state index in [9.17, 15) is 0 Å². The van der Waals surface area contributed by atoms with Crippen molar-refractivity contribution < 1.29 is 37.7 Å². The van der Waals surface area contributed by atoms with Crippen LogP contribution in [-0.4, -0.2) is 6.54 Å². The Morgan fingerprint density at radius 3 is 1.50 bits per heavy atom. The van der Waals surface area contributed by atoms with Crippen molar-refractivity contribution >= 4 is 0 Å². The molecule has 0 atom stereocenters. The molecule has 6 heavy (non-hydrogen) atoms. The van der Waals surface area contributed by atoms with Crippen LogP contribution >= 0.6 is 0 Å². The number of hydrogen-bond acceptors (Lipinski definition) is 0. The first-order valence-electron chi connectivity index (χ1n) is 1.35. The van der Waals surface area contributed by atoms with E-state index in [0.717, 1.165) is 6.42 Å². The molecule has 0 amide bonds. The van der Waals surface area contributed by atoms with Gasteiger partial charge in [-0.15, -0.1) is 0 Å². The molecule has 0 aromatic rings. The molecule has 1 N–H and O–H groups in total. The summed E-state index contributed by atoms with van der Waals surface area (Å²) in [5.41, 5.74) is 6.39. The molecule has 0 heterocycles. The molecule has 26 valence electrons. The van der Waals surface area contributed by atoms with E-state index < -0.39 is 0 Å². The second-order valence-corrected chi connectivity index (χ2v) is 0.604. The van der Waals surface area contributed by atoms with Crippen LogP contribution in [0.5, 0.6) is 0 Å². The van der Waals surface area contributed by atoms with Crippen molar-refractivity contribution in [2.45, 2.75) is 6.42 Å². The second kappa shape index (κ2) is 16.4. The van der Waals surface area contributed by atoms with Gasteiger partial charge in [-0.1, -0.05) is 0 Å². The molecule has 0 unspecified atom stereocenters. The Hall–Kier alpha value is 1.15. The molecule has 0 spiro atoms. The smallest absolute Gasteiger partial charge is 0.679 e. The number of hydrogen-bond donors (Lipinski definition) is 0. The minimum absolute atomic E-state index is 0. The molecule has 0 saturated heterocycles. The molecule has 0 rings (SSSR count). The van der Waals surface area contributed by atoms with Gasteiger partial charge >= 0.3 is 37.7 Å². The fourth-order valence-corrected chi connectivity index (χ4v) is 0. The van der Waals surface area contributed by atoms with E-state index in [1.807, 2.05) is 0 Å². The van der Waals surface area contributed by atoms with Gasteiger partial charge in [0.1, 0.15) is 0 Å². The fraction of sp³-hybridized carbons (Fsp3) is 0.667. The SMILES string of the molecule is [CH2-]CC[NH-].[Li+].[Li+]. The predicted molar refractivity (Wildman–Crippen MR) is 19.2 cm³/mol. The largest absolute Gasteiger partial charge is 1.00 e. The van der Waals surface area contributed by atoms with E-state index in [4.69, 9.17) is 5.73 Å². The Kier molecular flexibility index (Phi) is 43.0. The molecular weight excluding hydrogens is 63.9 g/mol. The molecule has 0 aromatic heterocycles. The molecule has 0 aliphatic carbocycles. The van der Waals surface area contributed by atoms with Crippen molar-refractivity contribution in [1.29, 1.82) is 0 Å². The number of rotatable bonds is 1. The van der Waals surface area contributed by atoms with Crippen LogP contribution in [0.3, 0.4) is 0 Å². The van der Waals surface area contributed by atoms with Crippen molar-refractivity contribution in [1.82, 2.24) is 0 Å². The third kappa shape index (κ3) is 19.2. The molecular formula is C3H7Li2N. The summed E-state index contributed by atoms with van der Waals surface area (Å²) in [4.78, 5) is 0. The Bertz CT molecular complexity index is 10.8. The summed E-state index contributed by atoms with van der Waals surface area (Å²) < 4.78 is 0. The molecule has 0 saturated carbocycles. The van der Waals surface area contributed by atoms with Gasteiger partial charge in [0.15, 0.2) is 0 Å². The summed E-state index contributed by atoms with van der Waals surface area (Å²) in [6, 6.07) is 0. The van der Waals surface area contributed by atoms with Crippen LogP contribution in [0.4, 0.5) is 0 Å². The van der Waals surface area contributed by atoms with E-state index in [1.165, 1.54) is 0 Å². The van der Waals surface area contributed by atoms with Gasteiger partial charge < -0.3 is 12.7 Å². The van der Waals surface area contributed by atoms with Gasteiger partial charge in [-0.05, 0) is 0 Å². The molecule has 0 bridgehead atoms. The zero-order valence-corrected chi connectivity index (χ0v) is 4.62. The normalized spacial score (nSPS) is 5.00. The molecule has 1 nitrogen and oxygen atoms in total. The van der Waals surface area contributed by atoms with Gasteiger partial charge in [-0.2, -0.15) is 6.54 Å². The molecule has 0 aliphatic rings. The maximum atomic E-state index is 6.39. The monoisotopic (exact) mass is 71.1 g/mol. The van der Waals surface area contributed by atoms with Crippen LogP contribution in [0.15, 0.2) is 0 Å². The number of nitrogens with one attached hydrogen (secondary N) is 1. The van der Waals surface area contributed by atoms with E-state index in [0.29, 0.717) is 6.54 Å². The van der Waals surface area contributed by atoms with Crippen LogP contribution < -0.4 is 37.7 Å². The Morgan fingerprint density at radius 2 is 1.50 bits per heavy atom. The first-order valence-corrected chi connectivity index (χ1v) is 1.35. The van der Waals surface area contributed by atoms with Crippen molar-refractivity contribution in [2.75, 3.05) is 6.54 Å². The summed E-state index contributed by atoms with van der Waals surface area (Å²) in [5, 5.41) is 0. The van der Waals surface area contributed by atoms with Gasteiger partial charge in [0.2, 0.25) is 0 Å². The van der Waals surface area contributed by atoms with Crippen molar-refractivity contribution in [3.8, 4) is 0 Å². The summed E-state index contributed by atoms with van der Waals surface area (Å²) >= 11 is 0. The molecule has 3 heteroatoms. The van der Waals surface area contributed by atoms with Crippen LogP contribution in [0.1, 0.15) is 6.42 Å². The first-order chi connectivity index (χ1) is 1.91. The summed E-state index contributed by atoms with van der Waals surface area (Å²) in [6.45, 7) is 3.88. The van der Waals surface area contributed by atoms with E-state index in [2.05, 4.69) is 6.92 Å². The Labute approximate surface area is 63.4 Å². The van der Waals surface area contributed by atoms with Crippen LogP contribution in [0, 0.1) is 6.92 Å². The van der Waals surface area contributed by atoms with Crippen molar-refractivity contribution in [3.63, 3.8) is 0 Å². The summed E-state index contributed by atoms with van der Waals surface area (Å²) in [6.07, 6.45) is 0.736. The van der Waals surface area contributed by atoms with Gasteiger partial charge in [0.05, 0.1) is 0 Å². The van der Waals surface area contributed by atoms with E-state index >= 15 is 0 Å². The fourth-order valence-electron chi connectivity index (χ4n) is 0. The Morgan fingerprint density at radius 1 is 1.33 bits per heavy atom. The van der Waals surface area contributed by atoms with Crippen LogP contribution in [-0.2, 0) is 0 Å². The maximum Gasteiger partial charge on any atom is 1.00 e. The quantitative estimate of drug-likeness (QED) is 0.219. The Balaban J connectivity index is -0.0000000450. The minimum Gasteiger partial charge on any atom is -0.679 e. The predicted octanol–water partition coefficient (Wildman–Crippen LogP) is -4.73. The minimum atomic E-state index is 0. The average molecular weight is 71.0 g/mol. The second-order valence-electron chi connectivity index (χ2n) is 0.604. The molecule has 0 aromatic carbocycles. The summed E-state index contributed by atoms with van der Waals surface area (Å²) in [5.74, 6) is 0. The van der Waals surface area contributed by atoms with Crippen molar-refractivity contribution in [3.05, 3.63) is 12.7 Å². The van der Waals surface area contributed by atoms with Gasteiger partial charge in [0.25, 0.3) is 0 Å². The maximum absolute atomic E-state index is 6.39. The van der Waals surface area contributed by atoms with E-state index in [-0.39, 0.29) is 37.7 Å². The molecule has 0 aliphatic heterocycles.